The lowest BCUT2D eigenvalue weighted by Gasteiger charge is -2.41. The van der Waals surface area contributed by atoms with Crippen molar-refractivity contribution in [2.24, 2.45) is 5.92 Å². The average Bonchev–Trinajstić information content (AvgIpc) is 2.54. The Balaban J connectivity index is 1.49. The molecule has 2 fully saturated rings. The molecule has 1 aromatic heterocycles. The fourth-order valence-corrected chi connectivity index (χ4v) is 3.14. The van der Waals surface area contributed by atoms with Crippen LogP contribution in [0.3, 0.4) is 0 Å². The number of rotatable bonds is 3. The number of piperidine rings is 1. The maximum Gasteiger partial charge on any atom is 0.246 e. The highest BCUT2D eigenvalue weighted by atomic mass is 16.2. The predicted molar refractivity (Wildman–Crippen MR) is 80.9 cm³/mol. The summed E-state index contributed by atoms with van der Waals surface area (Å²) in [4.78, 5) is 35.7. The Labute approximate surface area is 129 Å². The van der Waals surface area contributed by atoms with Crippen LogP contribution >= 0.6 is 0 Å². The van der Waals surface area contributed by atoms with E-state index in [1.807, 2.05) is 11.0 Å². The lowest BCUT2D eigenvalue weighted by molar-refractivity contribution is -0.146. The molecule has 0 bridgehead atoms. The van der Waals surface area contributed by atoms with E-state index in [2.05, 4.69) is 16.5 Å². The van der Waals surface area contributed by atoms with Gasteiger partial charge in [-0.3, -0.25) is 9.59 Å². The quantitative estimate of drug-likeness (QED) is 0.775. The summed E-state index contributed by atoms with van der Waals surface area (Å²) >= 11 is 0. The number of hydrogen-bond acceptors (Lipinski definition) is 4. The molecule has 2 amide bonds. The van der Waals surface area contributed by atoms with Gasteiger partial charge in [-0.05, 0) is 25.0 Å². The van der Waals surface area contributed by atoms with Crippen molar-refractivity contribution in [3.8, 4) is 0 Å². The van der Waals surface area contributed by atoms with E-state index < -0.39 is 0 Å². The van der Waals surface area contributed by atoms with Crippen LogP contribution in [0.4, 0.5) is 0 Å². The Morgan fingerprint density at radius 1 is 1.23 bits per heavy atom. The van der Waals surface area contributed by atoms with E-state index in [-0.39, 0.29) is 17.7 Å². The van der Waals surface area contributed by atoms with Crippen LogP contribution in [0.25, 0.3) is 0 Å². The number of likely N-dealkylation sites (tertiary alicyclic amines) is 2. The first-order valence-corrected chi connectivity index (χ1v) is 7.65. The second-order valence-corrected chi connectivity index (χ2v) is 5.88. The highest BCUT2D eigenvalue weighted by Crippen LogP contribution is 2.28. The number of aromatic nitrogens is 2. The first-order chi connectivity index (χ1) is 10.7. The Hall–Kier alpha value is -2.24. The summed E-state index contributed by atoms with van der Waals surface area (Å²) in [5, 5.41) is 0. The fourth-order valence-electron chi connectivity index (χ4n) is 3.14. The van der Waals surface area contributed by atoms with Crippen LogP contribution in [0.15, 0.2) is 31.2 Å². The molecule has 2 aliphatic heterocycles. The molecular formula is C16H20N4O2. The number of amides is 2. The van der Waals surface area contributed by atoms with Crippen LogP contribution in [0.1, 0.15) is 24.5 Å². The molecule has 6 nitrogen and oxygen atoms in total. The second kappa shape index (κ2) is 6.25. The van der Waals surface area contributed by atoms with E-state index in [1.165, 1.54) is 6.08 Å². The molecule has 22 heavy (non-hydrogen) atoms. The minimum absolute atomic E-state index is 0.0421. The topological polar surface area (TPSA) is 66.4 Å². The van der Waals surface area contributed by atoms with Gasteiger partial charge < -0.3 is 9.80 Å². The van der Waals surface area contributed by atoms with Gasteiger partial charge in [-0.1, -0.05) is 6.58 Å². The molecule has 3 heterocycles. The molecule has 0 N–H and O–H groups in total. The standard InChI is InChI=1S/C16H20N4O2/c1-2-15(21)20-9-13(10-20)16(22)19-7-4-12(5-8-19)14-3-6-17-11-18-14/h2-3,6,11-13H,1,4-5,7-10H2. The Morgan fingerprint density at radius 3 is 2.55 bits per heavy atom. The summed E-state index contributed by atoms with van der Waals surface area (Å²) < 4.78 is 0. The minimum atomic E-state index is -0.0912. The average molecular weight is 300 g/mol. The first-order valence-electron chi connectivity index (χ1n) is 7.65. The molecular weight excluding hydrogens is 280 g/mol. The molecule has 0 spiro atoms. The van der Waals surface area contributed by atoms with Crippen molar-refractivity contribution < 1.29 is 9.59 Å². The Kier molecular flexibility index (Phi) is 4.18. The normalized spacial score (nSPS) is 19.6. The zero-order chi connectivity index (χ0) is 15.5. The van der Waals surface area contributed by atoms with Gasteiger partial charge in [0.2, 0.25) is 11.8 Å². The van der Waals surface area contributed by atoms with E-state index in [1.54, 1.807) is 17.4 Å². The van der Waals surface area contributed by atoms with Crippen LogP contribution in [0.2, 0.25) is 0 Å². The van der Waals surface area contributed by atoms with Gasteiger partial charge in [0.05, 0.1) is 5.92 Å². The van der Waals surface area contributed by atoms with Crippen molar-refractivity contribution >= 4 is 11.8 Å². The van der Waals surface area contributed by atoms with Crippen LogP contribution in [-0.4, -0.2) is 57.8 Å². The SMILES string of the molecule is C=CC(=O)N1CC(C(=O)N2CCC(c3ccncn3)CC2)C1. The zero-order valence-corrected chi connectivity index (χ0v) is 12.5. The van der Waals surface area contributed by atoms with Crippen molar-refractivity contribution in [3.05, 3.63) is 36.9 Å². The third kappa shape index (κ3) is 2.86. The summed E-state index contributed by atoms with van der Waals surface area (Å²) in [6.45, 7) is 6.04. The van der Waals surface area contributed by atoms with E-state index in [0.717, 1.165) is 31.6 Å². The smallest absolute Gasteiger partial charge is 0.246 e. The maximum absolute atomic E-state index is 12.4. The summed E-state index contributed by atoms with van der Waals surface area (Å²) in [6, 6.07) is 1.95. The number of hydrogen-bond donors (Lipinski definition) is 0. The van der Waals surface area contributed by atoms with E-state index in [9.17, 15) is 9.59 Å². The van der Waals surface area contributed by atoms with Crippen LogP contribution in [-0.2, 0) is 9.59 Å². The highest BCUT2D eigenvalue weighted by Gasteiger charge is 2.38. The van der Waals surface area contributed by atoms with Crippen molar-refractivity contribution in [1.29, 1.82) is 0 Å². The van der Waals surface area contributed by atoms with Crippen molar-refractivity contribution in [2.45, 2.75) is 18.8 Å². The molecule has 0 unspecified atom stereocenters. The summed E-state index contributed by atoms with van der Waals surface area (Å²) in [5.74, 6) is 0.451. The third-order valence-electron chi connectivity index (χ3n) is 4.55. The van der Waals surface area contributed by atoms with E-state index >= 15 is 0 Å². The Bertz CT molecular complexity index is 561. The molecule has 2 aliphatic rings. The van der Waals surface area contributed by atoms with Crippen molar-refractivity contribution in [1.82, 2.24) is 19.8 Å². The molecule has 0 aliphatic carbocycles. The van der Waals surface area contributed by atoms with Gasteiger partial charge in [-0.25, -0.2) is 9.97 Å². The molecule has 6 heteroatoms. The van der Waals surface area contributed by atoms with Gasteiger partial charge in [-0.2, -0.15) is 0 Å². The molecule has 0 radical (unpaired) electrons. The van der Waals surface area contributed by atoms with Crippen LogP contribution in [0, 0.1) is 5.92 Å². The van der Waals surface area contributed by atoms with Crippen LogP contribution < -0.4 is 0 Å². The number of nitrogens with zero attached hydrogens (tertiary/aromatic N) is 4. The Morgan fingerprint density at radius 2 is 1.95 bits per heavy atom. The second-order valence-electron chi connectivity index (χ2n) is 5.88. The van der Waals surface area contributed by atoms with Gasteiger partial charge in [0, 0.05) is 44.0 Å². The van der Waals surface area contributed by atoms with Gasteiger partial charge in [0.25, 0.3) is 0 Å². The maximum atomic E-state index is 12.4. The molecule has 116 valence electrons. The largest absolute Gasteiger partial charge is 0.342 e. The summed E-state index contributed by atoms with van der Waals surface area (Å²) in [6.07, 6.45) is 6.51. The third-order valence-corrected chi connectivity index (χ3v) is 4.55. The molecule has 3 rings (SSSR count). The summed E-state index contributed by atoms with van der Waals surface area (Å²) in [7, 11) is 0. The highest BCUT2D eigenvalue weighted by molar-refractivity contribution is 5.90. The van der Waals surface area contributed by atoms with Crippen molar-refractivity contribution in [3.63, 3.8) is 0 Å². The zero-order valence-electron chi connectivity index (χ0n) is 12.5. The molecule has 0 aromatic carbocycles. The predicted octanol–water partition coefficient (Wildman–Crippen LogP) is 0.827. The number of carbonyl (C=O) groups is 2. The first kappa shape index (κ1) is 14.7. The fraction of sp³-hybridized carbons (Fsp3) is 0.500. The van der Waals surface area contributed by atoms with Gasteiger partial charge in [0.15, 0.2) is 0 Å². The van der Waals surface area contributed by atoms with Gasteiger partial charge in [0.1, 0.15) is 6.33 Å². The molecule has 0 atom stereocenters. The molecule has 1 aromatic rings. The van der Waals surface area contributed by atoms with Gasteiger partial charge in [-0.15, -0.1) is 0 Å². The lowest BCUT2D eigenvalue weighted by Crippen LogP contribution is -2.56. The molecule has 2 saturated heterocycles. The number of carbonyl (C=O) groups excluding carboxylic acids is 2. The lowest BCUT2D eigenvalue weighted by atomic mass is 9.91. The van der Waals surface area contributed by atoms with Crippen LogP contribution in [0.5, 0.6) is 0 Å². The van der Waals surface area contributed by atoms with E-state index in [4.69, 9.17) is 0 Å². The van der Waals surface area contributed by atoms with Gasteiger partial charge >= 0.3 is 0 Å². The summed E-state index contributed by atoms with van der Waals surface area (Å²) in [5.41, 5.74) is 1.06. The van der Waals surface area contributed by atoms with E-state index in [0.29, 0.717) is 19.0 Å². The molecule has 0 saturated carbocycles. The monoisotopic (exact) mass is 300 g/mol. The van der Waals surface area contributed by atoms with Crippen molar-refractivity contribution in [2.75, 3.05) is 26.2 Å². The minimum Gasteiger partial charge on any atom is -0.342 e.